The van der Waals surface area contributed by atoms with Gasteiger partial charge in [-0.2, -0.15) is 0 Å². The van der Waals surface area contributed by atoms with E-state index < -0.39 is 6.10 Å². The average molecular weight is 395 g/mol. The predicted octanol–water partition coefficient (Wildman–Crippen LogP) is 5.62. The number of hydrogen-bond donors (Lipinski definition) is 1. The summed E-state index contributed by atoms with van der Waals surface area (Å²) in [5.41, 5.74) is -0.305. The number of ether oxygens (including phenoxy) is 1. The minimum Gasteiger partial charge on any atom is -0.466 e. The first-order valence-corrected chi connectivity index (χ1v) is 11.4. The highest BCUT2D eigenvalue weighted by Crippen LogP contribution is 2.45. The Bertz CT molecular complexity index is 499. The normalized spacial score (nSPS) is 24.6. The zero-order chi connectivity index (χ0) is 21.0. The van der Waals surface area contributed by atoms with E-state index in [0.29, 0.717) is 31.1 Å². The van der Waals surface area contributed by atoms with Crippen LogP contribution in [-0.2, 0) is 14.3 Å². The van der Waals surface area contributed by atoms with Gasteiger partial charge in [0.05, 0.1) is 12.7 Å². The fourth-order valence-corrected chi connectivity index (χ4v) is 4.25. The first-order chi connectivity index (χ1) is 13.3. The number of hydrogen-bond acceptors (Lipinski definition) is 4. The second-order valence-electron chi connectivity index (χ2n) is 8.77. The zero-order valence-electron chi connectivity index (χ0n) is 18.5. The molecule has 28 heavy (non-hydrogen) atoms. The van der Waals surface area contributed by atoms with Crippen molar-refractivity contribution >= 4 is 11.8 Å². The molecule has 0 spiro atoms. The molecule has 1 N–H and O–H groups in total. The van der Waals surface area contributed by atoms with Crippen LogP contribution in [0.25, 0.3) is 0 Å². The van der Waals surface area contributed by atoms with E-state index in [1.807, 2.05) is 13.0 Å². The number of Topliss-reactive ketones (excluding diaryl/α,β-unsaturated/α-hetero) is 1. The van der Waals surface area contributed by atoms with E-state index in [4.69, 9.17) is 4.74 Å². The van der Waals surface area contributed by atoms with Gasteiger partial charge in [-0.3, -0.25) is 9.59 Å². The molecule has 162 valence electrons. The minimum absolute atomic E-state index is 0.116. The van der Waals surface area contributed by atoms with E-state index in [1.54, 1.807) is 0 Å². The van der Waals surface area contributed by atoms with Gasteiger partial charge in [-0.15, -0.1) is 0 Å². The molecule has 0 aromatic heterocycles. The van der Waals surface area contributed by atoms with Gasteiger partial charge in [0.25, 0.3) is 0 Å². The Morgan fingerprint density at radius 3 is 2.68 bits per heavy atom. The van der Waals surface area contributed by atoms with Crippen LogP contribution in [0, 0.1) is 17.3 Å². The van der Waals surface area contributed by atoms with Crippen molar-refractivity contribution in [2.45, 2.75) is 104 Å². The molecule has 0 bridgehead atoms. The molecular formula is C24H42O4. The van der Waals surface area contributed by atoms with Gasteiger partial charge < -0.3 is 9.84 Å². The van der Waals surface area contributed by atoms with Gasteiger partial charge in [0.15, 0.2) is 0 Å². The van der Waals surface area contributed by atoms with Crippen LogP contribution in [-0.4, -0.2) is 29.6 Å². The van der Waals surface area contributed by atoms with Gasteiger partial charge in [0.2, 0.25) is 0 Å². The number of rotatable bonds is 14. The fraction of sp³-hybridized carbons (Fsp3) is 0.833. The van der Waals surface area contributed by atoms with Crippen molar-refractivity contribution in [3.63, 3.8) is 0 Å². The highest BCUT2D eigenvalue weighted by molar-refractivity contribution is 5.87. The van der Waals surface area contributed by atoms with Crippen LogP contribution < -0.4 is 0 Å². The quantitative estimate of drug-likeness (QED) is 0.236. The largest absolute Gasteiger partial charge is 0.466 e. The van der Waals surface area contributed by atoms with Crippen LogP contribution in [0.1, 0.15) is 98.3 Å². The van der Waals surface area contributed by atoms with Crippen molar-refractivity contribution in [1.29, 1.82) is 0 Å². The second kappa shape index (κ2) is 13.1. The number of aliphatic hydroxyl groups is 1. The molecule has 0 saturated heterocycles. The molecule has 1 saturated carbocycles. The maximum atomic E-state index is 12.6. The van der Waals surface area contributed by atoms with Gasteiger partial charge >= 0.3 is 5.97 Å². The molecule has 0 aromatic rings. The summed E-state index contributed by atoms with van der Waals surface area (Å²) in [6.45, 7) is 8.70. The predicted molar refractivity (Wildman–Crippen MR) is 114 cm³/mol. The van der Waals surface area contributed by atoms with E-state index >= 15 is 0 Å². The van der Waals surface area contributed by atoms with Crippen molar-refractivity contribution in [2.24, 2.45) is 17.3 Å². The second-order valence-corrected chi connectivity index (χ2v) is 8.77. The highest BCUT2D eigenvalue weighted by Gasteiger charge is 2.43. The molecule has 1 fully saturated rings. The molecule has 4 nitrogen and oxygen atoms in total. The van der Waals surface area contributed by atoms with E-state index in [2.05, 4.69) is 26.8 Å². The smallest absolute Gasteiger partial charge is 0.305 e. The van der Waals surface area contributed by atoms with Gasteiger partial charge in [-0.1, -0.05) is 65.0 Å². The Labute approximate surface area is 172 Å². The molecule has 2 unspecified atom stereocenters. The third kappa shape index (κ3) is 8.46. The van der Waals surface area contributed by atoms with Crippen molar-refractivity contribution in [3.05, 3.63) is 12.2 Å². The van der Waals surface area contributed by atoms with E-state index in [0.717, 1.165) is 57.8 Å². The number of ketones is 1. The summed E-state index contributed by atoms with van der Waals surface area (Å²) in [4.78, 5) is 24.0. The third-order valence-corrected chi connectivity index (χ3v) is 6.35. The third-order valence-electron chi connectivity index (χ3n) is 6.35. The summed E-state index contributed by atoms with van der Waals surface area (Å²) in [6, 6.07) is 0. The SMILES string of the molecule is CCCCCC(O)C=C[C@@H]1CCC(=O)[C@@]1(C)CCCC(C)CCC(=O)OCC. The summed E-state index contributed by atoms with van der Waals surface area (Å²) in [7, 11) is 0. The molecule has 1 aliphatic carbocycles. The fourth-order valence-electron chi connectivity index (χ4n) is 4.25. The summed E-state index contributed by atoms with van der Waals surface area (Å²) >= 11 is 0. The topological polar surface area (TPSA) is 63.6 Å². The Kier molecular flexibility index (Phi) is 11.7. The van der Waals surface area contributed by atoms with E-state index in [1.165, 1.54) is 0 Å². The summed E-state index contributed by atoms with van der Waals surface area (Å²) in [6.07, 6.45) is 13.6. The monoisotopic (exact) mass is 394 g/mol. The molecule has 4 atom stereocenters. The Morgan fingerprint density at radius 2 is 2.00 bits per heavy atom. The summed E-state index contributed by atoms with van der Waals surface area (Å²) in [5.74, 6) is 0.936. The molecule has 0 radical (unpaired) electrons. The number of unbranched alkanes of at least 4 members (excludes halogenated alkanes) is 2. The Morgan fingerprint density at radius 1 is 1.25 bits per heavy atom. The van der Waals surface area contributed by atoms with E-state index in [-0.39, 0.29) is 17.3 Å². The lowest BCUT2D eigenvalue weighted by atomic mass is 9.74. The maximum absolute atomic E-state index is 12.6. The van der Waals surface area contributed by atoms with Crippen molar-refractivity contribution in [3.8, 4) is 0 Å². The molecule has 4 heteroatoms. The maximum Gasteiger partial charge on any atom is 0.305 e. The first-order valence-electron chi connectivity index (χ1n) is 11.4. The van der Waals surface area contributed by atoms with Crippen molar-refractivity contribution in [1.82, 2.24) is 0 Å². The zero-order valence-corrected chi connectivity index (χ0v) is 18.5. The van der Waals surface area contributed by atoms with Crippen LogP contribution in [0.2, 0.25) is 0 Å². The lowest BCUT2D eigenvalue weighted by molar-refractivity contribution is -0.143. The number of aliphatic hydroxyl groups excluding tert-OH is 1. The van der Waals surface area contributed by atoms with E-state index in [9.17, 15) is 14.7 Å². The molecule has 0 aromatic carbocycles. The van der Waals surface area contributed by atoms with Crippen LogP contribution >= 0.6 is 0 Å². The number of esters is 1. The Balaban J connectivity index is 2.45. The molecule has 0 aliphatic heterocycles. The Hall–Kier alpha value is -1.16. The lowest BCUT2D eigenvalue weighted by Gasteiger charge is -2.29. The van der Waals surface area contributed by atoms with Crippen LogP contribution in [0.5, 0.6) is 0 Å². The number of carbonyl (C=O) groups is 2. The van der Waals surface area contributed by atoms with Crippen LogP contribution in [0.3, 0.4) is 0 Å². The van der Waals surface area contributed by atoms with Gasteiger partial charge in [-0.05, 0) is 44.4 Å². The number of carbonyl (C=O) groups excluding carboxylic acids is 2. The summed E-state index contributed by atoms with van der Waals surface area (Å²) < 4.78 is 4.99. The molecule has 1 aliphatic rings. The lowest BCUT2D eigenvalue weighted by Crippen LogP contribution is -2.28. The average Bonchev–Trinajstić information content (AvgIpc) is 2.93. The summed E-state index contributed by atoms with van der Waals surface area (Å²) in [5, 5.41) is 10.2. The minimum atomic E-state index is -0.394. The van der Waals surface area contributed by atoms with Crippen LogP contribution in [0.4, 0.5) is 0 Å². The molecular weight excluding hydrogens is 352 g/mol. The van der Waals surface area contributed by atoms with Gasteiger partial charge in [0, 0.05) is 18.3 Å². The molecule has 0 heterocycles. The first kappa shape index (κ1) is 24.9. The number of allylic oxidation sites excluding steroid dienone is 1. The van der Waals surface area contributed by atoms with Crippen molar-refractivity contribution in [2.75, 3.05) is 6.61 Å². The van der Waals surface area contributed by atoms with Crippen LogP contribution in [0.15, 0.2) is 12.2 Å². The standard InChI is InChI=1S/C24H42O4/c1-5-7-8-11-21(25)15-13-20-14-16-22(26)24(20,4)18-9-10-19(3)12-17-23(27)28-6-2/h13,15,19-21,25H,5-12,14,16-18H2,1-4H3/t19?,20-,21?,24+/m1/s1. The molecule has 0 amide bonds. The highest BCUT2D eigenvalue weighted by atomic mass is 16.5. The van der Waals surface area contributed by atoms with Gasteiger partial charge in [-0.25, -0.2) is 0 Å². The molecule has 1 rings (SSSR count). The van der Waals surface area contributed by atoms with Crippen molar-refractivity contribution < 1.29 is 19.4 Å². The van der Waals surface area contributed by atoms with Gasteiger partial charge in [0.1, 0.15) is 5.78 Å².